The molecule has 1 N–H and O–H groups in total. The molecule has 2 heterocycles. The fourth-order valence-corrected chi connectivity index (χ4v) is 4.32. The molecule has 1 fully saturated rings. The van der Waals surface area contributed by atoms with Gasteiger partial charge in [0.1, 0.15) is 10.7 Å². The monoisotopic (exact) mass is 363 g/mol. The topological polar surface area (TPSA) is 79.4 Å². The van der Waals surface area contributed by atoms with Gasteiger partial charge in [0.15, 0.2) is 0 Å². The van der Waals surface area contributed by atoms with Crippen LogP contribution in [-0.2, 0) is 14.8 Å². The highest BCUT2D eigenvalue weighted by atomic mass is 32.2. The van der Waals surface area contributed by atoms with Crippen LogP contribution in [0.3, 0.4) is 0 Å². The van der Waals surface area contributed by atoms with E-state index in [9.17, 15) is 17.6 Å². The number of anilines is 1. The zero-order valence-corrected chi connectivity index (χ0v) is 14.2. The van der Waals surface area contributed by atoms with Crippen LogP contribution in [-0.4, -0.2) is 36.7 Å². The number of amides is 1. The summed E-state index contributed by atoms with van der Waals surface area (Å²) in [5, 5.41) is 2.65. The number of piperidine rings is 1. The lowest BCUT2D eigenvalue weighted by molar-refractivity contribution is -0.120. The van der Waals surface area contributed by atoms with Gasteiger partial charge < -0.3 is 5.32 Å². The highest BCUT2D eigenvalue weighted by molar-refractivity contribution is 7.89. The molecule has 0 bridgehead atoms. The summed E-state index contributed by atoms with van der Waals surface area (Å²) in [7, 11) is -3.68. The van der Waals surface area contributed by atoms with Crippen molar-refractivity contribution in [2.75, 3.05) is 18.4 Å². The van der Waals surface area contributed by atoms with Crippen molar-refractivity contribution in [3.63, 3.8) is 0 Å². The summed E-state index contributed by atoms with van der Waals surface area (Å²) < 4.78 is 39.9. The van der Waals surface area contributed by atoms with E-state index in [2.05, 4.69) is 10.3 Å². The zero-order chi connectivity index (χ0) is 17.9. The number of halogens is 1. The highest BCUT2D eigenvalue weighted by Crippen LogP contribution is 2.24. The lowest BCUT2D eigenvalue weighted by Gasteiger charge is -2.31. The minimum Gasteiger partial charge on any atom is -0.326 e. The Hall–Kier alpha value is -2.32. The second kappa shape index (κ2) is 7.28. The highest BCUT2D eigenvalue weighted by Gasteiger charge is 2.33. The molecule has 8 heteroatoms. The Labute approximate surface area is 145 Å². The van der Waals surface area contributed by atoms with Crippen LogP contribution in [0.25, 0.3) is 0 Å². The summed E-state index contributed by atoms with van der Waals surface area (Å²) in [4.78, 5) is 16.4. The van der Waals surface area contributed by atoms with E-state index >= 15 is 0 Å². The van der Waals surface area contributed by atoms with E-state index in [1.165, 1.54) is 41.0 Å². The summed E-state index contributed by atoms with van der Waals surface area (Å²) in [5.41, 5.74) is 0.359. The number of hydrogen-bond donors (Lipinski definition) is 1. The first-order valence-electron chi connectivity index (χ1n) is 7.93. The molecule has 2 aromatic rings. The predicted octanol–water partition coefficient (Wildman–Crippen LogP) is 2.26. The van der Waals surface area contributed by atoms with Crippen molar-refractivity contribution in [3.8, 4) is 0 Å². The maximum absolute atomic E-state index is 13.2. The number of carbonyl (C=O) groups is 1. The van der Waals surface area contributed by atoms with Crippen LogP contribution in [0.15, 0.2) is 53.7 Å². The second-order valence-corrected chi connectivity index (χ2v) is 7.83. The molecule has 0 radical (unpaired) electrons. The van der Waals surface area contributed by atoms with Crippen LogP contribution in [0.1, 0.15) is 12.8 Å². The summed E-state index contributed by atoms with van der Waals surface area (Å²) in [6, 6.07) is 8.66. The van der Waals surface area contributed by atoms with Crippen molar-refractivity contribution in [3.05, 3.63) is 54.6 Å². The number of nitrogens with one attached hydrogen (secondary N) is 1. The summed E-state index contributed by atoms with van der Waals surface area (Å²) in [6.07, 6.45) is 3.97. The number of aromatic nitrogens is 1. The smallest absolute Gasteiger partial charge is 0.244 e. The molecule has 0 unspecified atom stereocenters. The maximum Gasteiger partial charge on any atom is 0.244 e. The normalized spacial score (nSPS) is 18.7. The number of benzene rings is 1. The van der Waals surface area contributed by atoms with Gasteiger partial charge in [0.25, 0.3) is 0 Å². The van der Waals surface area contributed by atoms with Gasteiger partial charge in [0.05, 0.1) is 5.92 Å². The number of carbonyl (C=O) groups excluding carboxylic acids is 1. The van der Waals surface area contributed by atoms with E-state index in [-0.39, 0.29) is 17.3 Å². The molecule has 132 valence electrons. The molecule has 0 spiro atoms. The largest absolute Gasteiger partial charge is 0.326 e. The summed E-state index contributed by atoms with van der Waals surface area (Å²) >= 11 is 0. The van der Waals surface area contributed by atoms with Gasteiger partial charge in [-0.05, 0) is 43.2 Å². The first-order valence-corrected chi connectivity index (χ1v) is 9.37. The van der Waals surface area contributed by atoms with Crippen molar-refractivity contribution >= 4 is 21.6 Å². The van der Waals surface area contributed by atoms with E-state index in [4.69, 9.17) is 0 Å². The molecule has 0 aliphatic carbocycles. The zero-order valence-electron chi connectivity index (χ0n) is 13.4. The summed E-state index contributed by atoms with van der Waals surface area (Å²) in [5.74, 6) is -1.23. The molecule has 1 aromatic heterocycles. The van der Waals surface area contributed by atoms with Gasteiger partial charge in [0.2, 0.25) is 15.9 Å². The first-order chi connectivity index (χ1) is 12.0. The molecule has 1 amide bonds. The lowest BCUT2D eigenvalue weighted by Crippen LogP contribution is -2.43. The second-order valence-electron chi connectivity index (χ2n) is 5.89. The Morgan fingerprint density at radius 3 is 2.84 bits per heavy atom. The van der Waals surface area contributed by atoms with Crippen LogP contribution in [0.4, 0.5) is 10.1 Å². The maximum atomic E-state index is 13.2. The SMILES string of the molecule is O=C(Nc1cccc(F)c1)[C@@H]1CCCN(S(=O)(=O)c2cccnc2)C1. The molecule has 1 atom stereocenters. The molecule has 3 rings (SSSR count). The molecule has 1 aromatic carbocycles. The van der Waals surface area contributed by atoms with Gasteiger partial charge in [-0.15, -0.1) is 0 Å². The van der Waals surface area contributed by atoms with Gasteiger partial charge in [-0.1, -0.05) is 6.07 Å². The average molecular weight is 363 g/mol. The van der Waals surface area contributed by atoms with Gasteiger partial charge in [-0.25, -0.2) is 12.8 Å². The van der Waals surface area contributed by atoms with Gasteiger partial charge in [-0.2, -0.15) is 4.31 Å². The van der Waals surface area contributed by atoms with E-state index < -0.39 is 21.8 Å². The van der Waals surface area contributed by atoms with Crippen LogP contribution < -0.4 is 5.32 Å². The third kappa shape index (κ3) is 4.02. The molecule has 6 nitrogen and oxygen atoms in total. The van der Waals surface area contributed by atoms with E-state index in [0.29, 0.717) is 25.1 Å². The Balaban J connectivity index is 1.71. The van der Waals surface area contributed by atoms with Crippen molar-refractivity contribution in [2.45, 2.75) is 17.7 Å². The van der Waals surface area contributed by atoms with Crippen molar-refractivity contribution < 1.29 is 17.6 Å². The number of nitrogens with zero attached hydrogens (tertiary/aromatic N) is 2. The number of sulfonamides is 1. The molecule has 1 aliphatic heterocycles. The van der Waals surface area contributed by atoms with E-state index in [1.54, 1.807) is 12.1 Å². The van der Waals surface area contributed by atoms with E-state index in [1.807, 2.05) is 0 Å². The van der Waals surface area contributed by atoms with Gasteiger partial charge in [0, 0.05) is 31.2 Å². The third-order valence-corrected chi connectivity index (χ3v) is 5.97. The van der Waals surface area contributed by atoms with Crippen molar-refractivity contribution in [2.24, 2.45) is 5.92 Å². The molecule has 0 saturated carbocycles. The van der Waals surface area contributed by atoms with Crippen LogP contribution >= 0.6 is 0 Å². The Morgan fingerprint density at radius 2 is 2.12 bits per heavy atom. The van der Waals surface area contributed by atoms with Crippen LogP contribution in [0, 0.1) is 11.7 Å². The Bertz CT molecular complexity index is 858. The molecular weight excluding hydrogens is 345 g/mol. The minimum absolute atomic E-state index is 0.0956. The summed E-state index contributed by atoms with van der Waals surface area (Å²) in [6.45, 7) is 0.458. The third-order valence-electron chi connectivity index (χ3n) is 4.12. The number of rotatable bonds is 4. The average Bonchev–Trinajstić information content (AvgIpc) is 2.62. The predicted molar refractivity (Wildman–Crippen MR) is 90.7 cm³/mol. The fraction of sp³-hybridized carbons (Fsp3) is 0.294. The van der Waals surface area contributed by atoms with Gasteiger partial charge >= 0.3 is 0 Å². The number of hydrogen-bond acceptors (Lipinski definition) is 4. The minimum atomic E-state index is -3.68. The van der Waals surface area contributed by atoms with Crippen molar-refractivity contribution in [1.29, 1.82) is 0 Å². The standard InChI is InChI=1S/C17H18FN3O3S/c18-14-5-1-6-15(10-14)20-17(22)13-4-3-9-21(12-13)25(23,24)16-7-2-8-19-11-16/h1-2,5-8,10-11,13H,3-4,9,12H2,(H,20,22)/t13-/m1/s1. The van der Waals surface area contributed by atoms with E-state index in [0.717, 1.165) is 0 Å². The molecular formula is C17H18FN3O3S. The number of pyridine rings is 1. The lowest BCUT2D eigenvalue weighted by atomic mass is 9.99. The van der Waals surface area contributed by atoms with Crippen molar-refractivity contribution in [1.82, 2.24) is 9.29 Å². The molecule has 25 heavy (non-hydrogen) atoms. The van der Waals surface area contributed by atoms with Crippen LogP contribution in [0.2, 0.25) is 0 Å². The Morgan fingerprint density at radius 1 is 1.28 bits per heavy atom. The fourth-order valence-electron chi connectivity index (χ4n) is 2.83. The van der Waals surface area contributed by atoms with Gasteiger partial charge in [-0.3, -0.25) is 9.78 Å². The first kappa shape index (κ1) is 17.5. The molecule has 1 aliphatic rings. The quantitative estimate of drug-likeness (QED) is 0.904. The molecule has 1 saturated heterocycles. The Kier molecular flexibility index (Phi) is 5.10. The van der Waals surface area contributed by atoms with Crippen LogP contribution in [0.5, 0.6) is 0 Å².